The van der Waals surface area contributed by atoms with Crippen molar-refractivity contribution in [2.24, 2.45) is 5.92 Å². The lowest BCUT2D eigenvalue weighted by Crippen LogP contribution is -2.42. The smallest absolute Gasteiger partial charge is 0.303 e. The summed E-state index contributed by atoms with van der Waals surface area (Å²) < 4.78 is 0. The molecule has 2 heterocycles. The van der Waals surface area contributed by atoms with Gasteiger partial charge in [0.05, 0.1) is 22.9 Å². The Morgan fingerprint density at radius 2 is 2.04 bits per heavy atom. The zero-order chi connectivity index (χ0) is 19.5. The molecular weight excluding hydrogens is 354 g/mol. The van der Waals surface area contributed by atoms with E-state index in [9.17, 15) is 4.79 Å². The number of benzene rings is 1. The van der Waals surface area contributed by atoms with Crippen molar-refractivity contribution in [2.45, 2.75) is 37.8 Å². The molecule has 1 aromatic heterocycles. The number of para-hydroxylation sites is 2. The molecule has 1 saturated heterocycles. The molecule has 2 fully saturated rings. The number of fused-ring (bicyclic) bond motifs is 1. The van der Waals surface area contributed by atoms with E-state index in [-0.39, 0.29) is 0 Å². The molecular formula is C21H25N5O2. The number of rotatable bonds is 7. The molecule has 7 nitrogen and oxygen atoms in total. The van der Waals surface area contributed by atoms with Crippen LogP contribution < -0.4 is 5.32 Å². The van der Waals surface area contributed by atoms with Gasteiger partial charge in [0.25, 0.3) is 0 Å². The minimum absolute atomic E-state index is 0.293. The van der Waals surface area contributed by atoms with E-state index >= 15 is 0 Å². The molecule has 7 heteroatoms. The van der Waals surface area contributed by atoms with Crippen LogP contribution in [0.3, 0.4) is 0 Å². The number of allylic oxidation sites excluding steroid dienone is 1. The van der Waals surface area contributed by atoms with Gasteiger partial charge in [0.2, 0.25) is 0 Å². The number of aromatic nitrogens is 2. The number of carboxylic acid groups (broad SMARTS) is 1. The molecule has 0 spiro atoms. The molecule has 2 aromatic rings. The lowest BCUT2D eigenvalue weighted by atomic mass is 10.0. The van der Waals surface area contributed by atoms with E-state index in [1.807, 2.05) is 30.5 Å². The average molecular weight is 379 g/mol. The van der Waals surface area contributed by atoms with Crippen LogP contribution in [0.1, 0.15) is 31.4 Å². The quantitative estimate of drug-likeness (QED) is 0.639. The minimum atomic E-state index is -0.690. The number of carboxylic acids is 1. The van der Waals surface area contributed by atoms with E-state index in [0.717, 1.165) is 43.4 Å². The molecule has 4 rings (SSSR count). The van der Waals surface area contributed by atoms with Gasteiger partial charge in [0.1, 0.15) is 0 Å². The Morgan fingerprint density at radius 1 is 1.29 bits per heavy atom. The van der Waals surface area contributed by atoms with Crippen molar-refractivity contribution in [3.05, 3.63) is 42.4 Å². The largest absolute Gasteiger partial charge is 0.481 e. The highest BCUT2D eigenvalue weighted by molar-refractivity contribution is 6.07. The number of likely N-dealkylation sites (tertiary alicyclic amines) is 1. The molecule has 2 unspecified atom stereocenters. The number of nitrogens with one attached hydrogen (secondary N) is 2. The van der Waals surface area contributed by atoms with Crippen molar-refractivity contribution >= 4 is 28.8 Å². The Morgan fingerprint density at radius 3 is 2.75 bits per heavy atom. The second-order valence-corrected chi connectivity index (χ2v) is 7.63. The Balaban J connectivity index is 1.33. The Bertz CT molecular complexity index is 905. The van der Waals surface area contributed by atoms with E-state index in [1.54, 1.807) is 6.20 Å². The van der Waals surface area contributed by atoms with Crippen LogP contribution in [0, 0.1) is 11.3 Å². The second-order valence-electron chi connectivity index (χ2n) is 7.63. The van der Waals surface area contributed by atoms with Gasteiger partial charge < -0.3 is 15.8 Å². The summed E-state index contributed by atoms with van der Waals surface area (Å²) in [6, 6.07) is 8.53. The minimum Gasteiger partial charge on any atom is -0.481 e. The maximum absolute atomic E-state index is 10.8. The fourth-order valence-electron chi connectivity index (χ4n) is 4.01. The molecule has 0 amide bonds. The van der Waals surface area contributed by atoms with Crippen LogP contribution in [0.15, 0.2) is 36.7 Å². The zero-order valence-corrected chi connectivity index (χ0v) is 15.7. The highest BCUT2D eigenvalue weighted by atomic mass is 16.4. The van der Waals surface area contributed by atoms with Gasteiger partial charge in [-0.25, -0.2) is 4.98 Å². The molecule has 1 saturated carbocycles. The van der Waals surface area contributed by atoms with Crippen LogP contribution in [-0.4, -0.2) is 57.3 Å². The van der Waals surface area contributed by atoms with E-state index in [1.165, 1.54) is 6.21 Å². The first-order chi connectivity index (χ1) is 13.6. The summed E-state index contributed by atoms with van der Waals surface area (Å²) in [6.45, 7) is 1.98. The summed E-state index contributed by atoms with van der Waals surface area (Å²) >= 11 is 0. The van der Waals surface area contributed by atoms with Gasteiger partial charge in [0, 0.05) is 49.6 Å². The van der Waals surface area contributed by atoms with E-state index in [0.29, 0.717) is 35.7 Å². The summed E-state index contributed by atoms with van der Waals surface area (Å²) in [7, 11) is 0. The van der Waals surface area contributed by atoms with Gasteiger partial charge in [0.15, 0.2) is 0 Å². The standard InChI is InChI=1S/C21H25N5O2/c22-11-15(19-13-24-17-3-1-2-4-18(17)25-19)12-23-16-5-7-26(8-6-16)20-9-14(20)10-21(27)28/h1-4,11-14,16,20,22-23H,5-10H2,(H,27,28)/b15-12+,22-11?. The Hall–Kier alpha value is -2.80. The van der Waals surface area contributed by atoms with Crippen molar-refractivity contribution in [1.82, 2.24) is 20.2 Å². The number of aliphatic carboxylic acids is 1. The summed E-state index contributed by atoms with van der Waals surface area (Å²) in [4.78, 5) is 22.3. The summed E-state index contributed by atoms with van der Waals surface area (Å²) in [6.07, 6.45) is 8.23. The fraction of sp³-hybridized carbons (Fsp3) is 0.429. The highest BCUT2D eigenvalue weighted by Crippen LogP contribution is 2.39. The number of carbonyl (C=O) groups is 1. The molecule has 1 aliphatic heterocycles. The first-order valence-electron chi connectivity index (χ1n) is 9.78. The van der Waals surface area contributed by atoms with Crippen LogP contribution >= 0.6 is 0 Å². The normalized spacial score (nSPS) is 23.5. The van der Waals surface area contributed by atoms with Crippen molar-refractivity contribution < 1.29 is 9.90 Å². The monoisotopic (exact) mass is 379 g/mol. The molecule has 146 valence electrons. The number of nitrogens with zero attached hydrogens (tertiary/aromatic N) is 3. The SMILES string of the molecule is N=C/C(=C\NC1CCN(C2CC2CC(=O)O)CC1)c1cnc2ccccc2n1. The first kappa shape index (κ1) is 18.6. The van der Waals surface area contributed by atoms with Gasteiger partial charge >= 0.3 is 5.97 Å². The summed E-state index contributed by atoms with van der Waals surface area (Å²) in [5.41, 5.74) is 3.07. The third-order valence-electron chi connectivity index (χ3n) is 5.69. The highest BCUT2D eigenvalue weighted by Gasteiger charge is 2.43. The van der Waals surface area contributed by atoms with Crippen LogP contribution in [-0.2, 0) is 4.79 Å². The molecule has 3 N–H and O–H groups in total. The second kappa shape index (κ2) is 8.06. The molecule has 0 bridgehead atoms. The molecule has 2 aliphatic rings. The Kier molecular flexibility index (Phi) is 5.34. The molecule has 1 aromatic carbocycles. The van der Waals surface area contributed by atoms with Gasteiger partial charge in [-0.05, 0) is 37.3 Å². The molecule has 0 radical (unpaired) electrons. The number of hydrogen-bond donors (Lipinski definition) is 3. The maximum atomic E-state index is 10.8. The van der Waals surface area contributed by atoms with Gasteiger partial charge in [-0.15, -0.1) is 0 Å². The van der Waals surface area contributed by atoms with E-state index in [4.69, 9.17) is 10.5 Å². The molecule has 1 aliphatic carbocycles. The molecule has 2 atom stereocenters. The lowest BCUT2D eigenvalue weighted by Gasteiger charge is -2.32. The predicted octanol–water partition coefficient (Wildman–Crippen LogP) is 2.54. The van der Waals surface area contributed by atoms with Crippen LogP contribution in [0.5, 0.6) is 0 Å². The van der Waals surface area contributed by atoms with Gasteiger partial charge in [-0.3, -0.25) is 14.7 Å². The lowest BCUT2D eigenvalue weighted by molar-refractivity contribution is -0.137. The Labute approximate surface area is 164 Å². The number of hydrogen-bond acceptors (Lipinski definition) is 6. The van der Waals surface area contributed by atoms with Gasteiger partial charge in [-0.2, -0.15) is 0 Å². The van der Waals surface area contributed by atoms with E-state index < -0.39 is 5.97 Å². The van der Waals surface area contributed by atoms with Crippen LogP contribution in [0.2, 0.25) is 0 Å². The first-order valence-corrected chi connectivity index (χ1v) is 9.78. The third-order valence-corrected chi connectivity index (χ3v) is 5.69. The van der Waals surface area contributed by atoms with Crippen molar-refractivity contribution in [1.29, 1.82) is 5.41 Å². The molecule has 28 heavy (non-hydrogen) atoms. The summed E-state index contributed by atoms with van der Waals surface area (Å²) in [5.74, 6) is -0.358. The van der Waals surface area contributed by atoms with E-state index in [2.05, 4.69) is 20.2 Å². The maximum Gasteiger partial charge on any atom is 0.303 e. The predicted molar refractivity (Wildman–Crippen MR) is 108 cm³/mol. The van der Waals surface area contributed by atoms with Crippen molar-refractivity contribution in [3.63, 3.8) is 0 Å². The third kappa shape index (κ3) is 4.20. The summed E-state index contributed by atoms with van der Waals surface area (Å²) in [5, 5.41) is 20.1. The fourth-order valence-corrected chi connectivity index (χ4v) is 4.01. The number of piperidine rings is 1. The topological polar surface area (TPSA) is 102 Å². The zero-order valence-electron chi connectivity index (χ0n) is 15.7. The van der Waals surface area contributed by atoms with Crippen LogP contribution in [0.25, 0.3) is 16.6 Å². The van der Waals surface area contributed by atoms with Gasteiger partial charge in [-0.1, -0.05) is 12.1 Å². The average Bonchev–Trinajstić information content (AvgIpc) is 3.47. The van der Waals surface area contributed by atoms with Crippen molar-refractivity contribution in [3.8, 4) is 0 Å². The van der Waals surface area contributed by atoms with Crippen LogP contribution in [0.4, 0.5) is 0 Å². The van der Waals surface area contributed by atoms with Crippen molar-refractivity contribution in [2.75, 3.05) is 13.1 Å².